The summed E-state index contributed by atoms with van der Waals surface area (Å²) < 4.78 is 15.0. The van der Waals surface area contributed by atoms with Gasteiger partial charge in [-0.1, -0.05) is 6.92 Å². The highest BCUT2D eigenvalue weighted by Gasteiger charge is 2.35. The zero-order chi connectivity index (χ0) is 16.6. The summed E-state index contributed by atoms with van der Waals surface area (Å²) in [4.78, 5) is 28.3. The second-order valence-corrected chi connectivity index (χ2v) is 4.83. The number of amides is 1. The molecular weight excluding hydrogens is 288 g/mol. The van der Waals surface area contributed by atoms with E-state index in [1.165, 1.54) is 13.3 Å². The van der Waals surface area contributed by atoms with Crippen molar-refractivity contribution in [2.75, 3.05) is 27.4 Å². The van der Waals surface area contributed by atoms with Crippen LogP contribution >= 0.6 is 0 Å². The summed E-state index contributed by atoms with van der Waals surface area (Å²) in [6, 6.07) is 3.21. The molecule has 1 amide bonds. The Morgan fingerprint density at radius 2 is 2.05 bits per heavy atom. The molecule has 0 bridgehead atoms. The van der Waals surface area contributed by atoms with Crippen molar-refractivity contribution in [1.29, 1.82) is 0 Å². The van der Waals surface area contributed by atoms with Crippen LogP contribution in [0.25, 0.3) is 0 Å². The first-order chi connectivity index (χ1) is 10.5. The summed E-state index contributed by atoms with van der Waals surface area (Å²) in [6.45, 7) is 4.05. The molecule has 0 fully saturated rings. The molecule has 0 aliphatic heterocycles. The van der Waals surface area contributed by atoms with Crippen molar-refractivity contribution in [3.05, 3.63) is 23.9 Å². The SMILES string of the molecule is CC[C@](C)(NC(=O)c1cccnc1OCCOC)C(=O)OC. The van der Waals surface area contributed by atoms with Crippen LogP contribution < -0.4 is 10.1 Å². The molecule has 0 aliphatic rings. The molecule has 1 rings (SSSR count). The van der Waals surface area contributed by atoms with Gasteiger partial charge in [-0.25, -0.2) is 9.78 Å². The first-order valence-electron chi connectivity index (χ1n) is 6.96. The maximum absolute atomic E-state index is 12.4. The summed E-state index contributed by atoms with van der Waals surface area (Å²) in [5, 5.41) is 2.68. The average molecular weight is 310 g/mol. The third-order valence-electron chi connectivity index (χ3n) is 3.27. The third kappa shape index (κ3) is 4.42. The van der Waals surface area contributed by atoms with Gasteiger partial charge in [-0.15, -0.1) is 0 Å². The Hall–Kier alpha value is -2.15. The van der Waals surface area contributed by atoms with E-state index in [9.17, 15) is 9.59 Å². The summed E-state index contributed by atoms with van der Waals surface area (Å²) >= 11 is 0. The third-order valence-corrected chi connectivity index (χ3v) is 3.27. The van der Waals surface area contributed by atoms with Crippen LogP contribution in [0.4, 0.5) is 0 Å². The van der Waals surface area contributed by atoms with Crippen LogP contribution in [0.5, 0.6) is 5.88 Å². The van der Waals surface area contributed by atoms with Gasteiger partial charge in [0.15, 0.2) is 0 Å². The number of methoxy groups -OCH3 is 2. The lowest BCUT2D eigenvalue weighted by molar-refractivity contribution is -0.147. The number of aromatic nitrogens is 1. The predicted molar refractivity (Wildman–Crippen MR) is 79.8 cm³/mol. The van der Waals surface area contributed by atoms with Crippen molar-refractivity contribution < 1.29 is 23.8 Å². The molecule has 1 heterocycles. The van der Waals surface area contributed by atoms with Gasteiger partial charge in [0.2, 0.25) is 5.88 Å². The van der Waals surface area contributed by atoms with E-state index in [4.69, 9.17) is 14.2 Å². The van der Waals surface area contributed by atoms with E-state index >= 15 is 0 Å². The molecule has 0 saturated heterocycles. The number of esters is 1. The molecule has 0 aromatic carbocycles. The summed E-state index contributed by atoms with van der Waals surface area (Å²) in [7, 11) is 2.84. The van der Waals surface area contributed by atoms with Crippen molar-refractivity contribution in [1.82, 2.24) is 10.3 Å². The Labute approximate surface area is 130 Å². The molecule has 0 unspecified atom stereocenters. The Morgan fingerprint density at radius 3 is 2.64 bits per heavy atom. The zero-order valence-electron chi connectivity index (χ0n) is 13.3. The van der Waals surface area contributed by atoms with Gasteiger partial charge in [-0.2, -0.15) is 0 Å². The second kappa shape index (κ2) is 8.33. The number of carbonyl (C=O) groups is 2. The van der Waals surface area contributed by atoms with Crippen molar-refractivity contribution >= 4 is 11.9 Å². The molecule has 0 aliphatic carbocycles. The zero-order valence-corrected chi connectivity index (χ0v) is 13.3. The van der Waals surface area contributed by atoms with Crippen LogP contribution in [0.15, 0.2) is 18.3 Å². The van der Waals surface area contributed by atoms with Crippen LogP contribution in [0.3, 0.4) is 0 Å². The molecular formula is C15H22N2O5. The van der Waals surface area contributed by atoms with Crippen molar-refractivity contribution in [2.24, 2.45) is 0 Å². The fraction of sp³-hybridized carbons (Fsp3) is 0.533. The van der Waals surface area contributed by atoms with E-state index in [-0.39, 0.29) is 18.1 Å². The number of pyridine rings is 1. The van der Waals surface area contributed by atoms with E-state index in [0.717, 1.165) is 0 Å². The van der Waals surface area contributed by atoms with Gasteiger partial charge in [0.25, 0.3) is 5.91 Å². The molecule has 1 aromatic heterocycles. The summed E-state index contributed by atoms with van der Waals surface area (Å²) in [5.74, 6) is -0.760. The Kier molecular flexibility index (Phi) is 6.78. The molecule has 122 valence electrons. The minimum absolute atomic E-state index is 0.195. The monoisotopic (exact) mass is 310 g/mol. The molecule has 1 N–H and O–H groups in total. The fourth-order valence-corrected chi connectivity index (χ4v) is 1.73. The summed E-state index contributed by atoms with van der Waals surface area (Å²) in [5.41, 5.74) is -0.854. The number of carbonyl (C=O) groups excluding carboxylic acids is 2. The quantitative estimate of drug-likeness (QED) is 0.573. The molecule has 1 aromatic rings. The lowest BCUT2D eigenvalue weighted by Gasteiger charge is -2.26. The van der Waals surface area contributed by atoms with Crippen molar-refractivity contribution in [2.45, 2.75) is 25.8 Å². The number of hydrogen-bond acceptors (Lipinski definition) is 6. The van der Waals surface area contributed by atoms with Crippen molar-refractivity contribution in [3.8, 4) is 5.88 Å². The smallest absolute Gasteiger partial charge is 0.331 e. The minimum Gasteiger partial charge on any atom is -0.475 e. The minimum atomic E-state index is -1.11. The van der Waals surface area contributed by atoms with E-state index in [1.54, 1.807) is 33.1 Å². The van der Waals surface area contributed by atoms with E-state index < -0.39 is 17.4 Å². The molecule has 0 radical (unpaired) electrons. The molecule has 22 heavy (non-hydrogen) atoms. The number of ether oxygens (including phenoxy) is 3. The van der Waals surface area contributed by atoms with Crippen LogP contribution in [0.2, 0.25) is 0 Å². The maximum Gasteiger partial charge on any atom is 0.331 e. The Bertz CT molecular complexity index is 520. The highest BCUT2D eigenvalue weighted by molar-refractivity contribution is 5.99. The topological polar surface area (TPSA) is 86.8 Å². The number of rotatable bonds is 8. The van der Waals surface area contributed by atoms with Crippen LogP contribution in [-0.4, -0.2) is 49.8 Å². The average Bonchev–Trinajstić information content (AvgIpc) is 2.54. The van der Waals surface area contributed by atoms with E-state index in [0.29, 0.717) is 13.0 Å². The van der Waals surface area contributed by atoms with Gasteiger partial charge in [-0.3, -0.25) is 4.79 Å². The highest BCUT2D eigenvalue weighted by Crippen LogP contribution is 2.18. The number of nitrogens with zero attached hydrogens (tertiary/aromatic N) is 1. The molecule has 7 heteroatoms. The first-order valence-corrected chi connectivity index (χ1v) is 6.96. The second-order valence-electron chi connectivity index (χ2n) is 4.83. The number of nitrogens with one attached hydrogen (secondary N) is 1. The van der Waals surface area contributed by atoms with Gasteiger partial charge < -0.3 is 19.5 Å². The van der Waals surface area contributed by atoms with E-state index in [2.05, 4.69) is 10.3 Å². The molecule has 7 nitrogen and oxygen atoms in total. The van der Waals surface area contributed by atoms with Crippen molar-refractivity contribution in [3.63, 3.8) is 0 Å². The lowest BCUT2D eigenvalue weighted by Crippen LogP contribution is -2.52. The van der Waals surface area contributed by atoms with E-state index in [1.807, 2.05) is 0 Å². The van der Waals surface area contributed by atoms with Crippen LogP contribution in [-0.2, 0) is 14.3 Å². The van der Waals surface area contributed by atoms with Gasteiger partial charge in [0, 0.05) is 13.3 Å². The van der Waals surface area contributed by atoms with Gasteiger partial charge >= 0.3 is 5.97 Å². The maximum atomic E-state index is 12.4. The van der Waals surface area contributed by atoms with Crippen LogP contribution in [0, 0.1) is 0 Å². The van der Waals surface area contributed by atoms with Gasteiger partial charge in [0.1, 0.15) is 17.7 Å². The van der Waals surface area contributed by atoms with Crippen LogP contribution in [0.1, 0.15) is 30.6 Å². The molecule has 0 saturated carbocycles. The van der Waals surface area contributed by atoms with Gasteiger partial charge in [0.05, 0.1) is 13.7 Å². The standard InChI is InChI=1S/C15H22N2O5/c1-5-15(2,14(19)21-4)17-12(18)11-7-6-8-16-13(11)22-10-9-20-3/h6-8H,5,9-10H2,1-4H3,(H,17,18)/t15-/m0/s1. The Morgan fingerprint density at radius 1 is 1.32 bits per heavy atom. The Balaban J connectivity index is 2.91. The fourth-order valence-electron chi connectivity index (χ4n) is 1.73. The largest absolute Gasteiger partial charge is 0.475 e. The normalized spacial score (nSPS) is 13.1. The highest BCUT2D eigenvalue weighted by atomic mass is 16.5. The van der Waals surface area contributed by atoms with Gasteiger partial charge in [-0.05, 0) is 25.5 Å². The molecule has 1 atom stereocenters. The summed E-state index contributed by atoms with van der Waals surface area (Å²) in [6.07, 6.45) is 1.92. The number of hydrogen-bond donors (Lipinski definition) is 1. The lowest BCUT2D eigenvalue weighted by atomic mass is 9.98. The predicted octanol–water partition coefficient (Wildman–Crippen LogP) is 1.18. The molecule has 0 spiro atoms. The first kappa shape index (κ1) is 17.9.